The highest BCUT2D eigenvalue weighted by atomic mass is 35.5. The van der Waals surface area contributed by atoms with Crippen LogP contribution in [0.1, 0.15) is 19.5 Å². The molecule has 106 valence electrons. The normalized spacial score (nSPS) is 20.2. The Morgan fingerprint density at radius 1 is 1.58 bits per heavy atom. The Bertz CT molecular complexity index is 484. The highest BCUT2D eigenvalue weighted by molar-refractivity contribution is 7.91. The third-order valence-electron chi connectivity index (χ3n) is 2.98. The minimum absolute atomic E-state index is 0.0218. The molecule has 0 fully saturated rings. The van der Waals surface area contributed by atoms with Crippen molar-refractivity contribution in [2.75, 3.05) is 17.7 Å². The summed E-state index contributed by atoms with van der Waals surface area (Å²) in [5.74, 6) is 0.706. The maximum atomic E-state index is 13.9. The summed E-state index contributed by atoms with van der Waals surface area (Å²) in [6.07, 6.45) is 0.557. The van der Waals surface area contributed by atoms with Gasteiger partial charge in [-0.3, -0.25) is 0 Å². The van der Waals surface area contributed by atoms with Gasteiger partial charge in [0.2, 0.25) is 10.2 Å². The van der Waals surface area contributed by atoms with Crippen molar-refractivity contribution in [1.82, 2.24) is 9.97 Å². The Hall–Kier alpha value is -0.630. The Morgan fingerprint density at radius 3 is 2.84 bits per heavy atom. The first-order valence-corrected chi connectivity index (χ1v) is 7.53. The van der Waals surface area contributed by atoms with Crippen molar-refractivity contribution >= 4 is 28.6 Å². The number of nitrogens with one attached hydrogen (secondary N) is 1. The molecule has 0 aromatic carbocycles. The molecule has 1 aliphatic heterocycles. The molecule has 5 nitrogen and oxygen atoms in total. The highest BCUT2D eigenvalue weighted by Crippen LogP contribution is 2.32. The number of aliphatic hydroxyl groups excluding tert-OH is 1. The molecule has 2 rings (SSSR count). The van der Waals surface area contributed by atoms with Crippen LogP contribution < -0.4 is 5.32 Å². The van der Waals surface area contributed by atoms with E-state index in [0.717, 1.165) is 0 Å². The van der Waals surface area contributed by atoms with Gasteiger partial charge >= 0.3 is 0 Å². The summed E-state index contributed by atoms with van der Waals surface area (Å²) in [6.45, 7) is 2.29. The molecule has 1 aliphatic rings. The molecule has 0 saturated carbocycles. The highest BCUT2D eigenvalue weighted by Gasteiger charge is 2.35. The first-order chi connectivity index (χ1) is 8.82. The average Bonchev–Trinajstić information content (AvgIpc) is 2.65. The monoisotopic (exact) mass is 307 g/mol. The van der Waals surface area contributed by atoms with E-state index < -0.39 is 29.5 Å². The lowest BCUT2D eigenvalue weighted by Crippen LogP contribution is -2.41. The molecular formula is C11H15ClFN3O2S. The van der Waals surface area contributed by atoms with Gasteiger partial charge in [0.25, 0.3) is 0 Å². The van der Waals surface area contributed by atoms with Gasteiger partial charge < -0.3 is 15.0 Å². The van der Waals surface area contributed by atoms with Gasteiger partial charge in [-0.15, -0.1) is 0 Å². The number of fused-ring (bicyclic) bond motifs is 1. The molecule has 1 aromatic heterocycles. The van der Waals surface area contributed by atoms with Crippen LogP contribution >= 0.6 is 11.6 Å². The van der Waals surface area contributed by atoms with E-state index in [2.05, 4.69) is 15.3 Å². The van der Waals surface area contributed by atoms with Crippen LogP contribution in [-0.4, -0.2) is 43.7 Å². The van der Waals surface area contributed by atoms with Crippen molar-refractivity contribution in [1.29, 1.82) is 0 Å². The number of anilines is 1. The SMILES string of the molecule is CC(C)(F)C(CO)Nc1nc(Cl)nc2c1[S+]([O-])CC2. The molecule has 8 heteroatoms. The van der Waals surface area contributed by atoms with Crippen LogP contribution in [0.2, 0.25) is 5.28 Å². The third-order valence-corrected chi connectivity index (χ3v) is 4.61. The molecule has 0 aliphatic carbocycles. The van der Waals surface area contributed by atoms with Gasteiger partial charge in [0.05, 0.1) is 12.6 Å². The van der Waals surface area contributed by atoms with Crippen molar-refractivity contribution < 1.29 is 14.0 Å². The summed E-state index contributed by atoms with van der Waals surface area (Å²) in [4.78, 5) is 8.46. The second-order valence-electron chi connectivity index (χ2n) is 4.86. The van der Waals surface area contributed by atoms with E-state index >= 15 is 0 Å². The predicted octanol–water partition coefficient (Wildman–Crippen LogP) is 1.31. The maximum Gasteiger partial charge on any atom is 0.224 e. The van der Waals surface area contributed by atoms with E-state index in [1.807, 2.05) is 0 Å². The second-order valence-corrected chi connectivity index (χ2v) is 6.71. The second kappa shape index (κ2) is 5.40. The van der Waals surface area contributed by atoms with Gasteiger partial charge in [-0.05, 0) is 36.6 Å². The van der Waals surface area contributed by atoms with Crippen LogP contribution in [0, 0.1) is 0 Å². The number of aliphatic hydroxyl groups is 1. The summed E-state index contributed by atoms with van der Waals surface area (Å²) in [5, 5.41) is 12.1. The summed E-state index contributed by atoms with van der Waals surface area (Å²) in [6, 6.07) is -0.861. The van der Waals surface area contributed by atoms with Crippen LogP contribution in [0.25, 0.3) is 0 Å². The van der Waals surface area contributed by atoms with Crippen LogP contribution in [0.15, 0.2) is 4.90 Å². The van der Waals surface area contributed by atoms with Gasteiger partial charge in [0.15, 0.2) is 5.82 Å². The van der Waals surface area contributed by atoms with Gasteiger partial charge in [0.1, 0.15) is 17.1 Å². The summed E-state index contributed by atoms with van der Waals surface area (Å²) >= 11 is 4.59. The van der Waals surface area contributed by atoms with E-state index in [4.69, 9.17) is 11.6 Å². The molecule has 2 heterocycles. The largest absolute Gasteiger partial charge is 0.611 e. The van der Waals surface area contributed by atoms with E-state index in [1.165, 1.54) is 13.8 Å². The Balaban J connectivity index is 2.35. The molecule has 0 saturated heterocycles. The first kappa shape index (κ1) is 14.8. The number of hydrogen-bond acceptors (Lipinski definition) is 5. The van der Waals surface area contributed by atoms with E-state index in [0.29, 0.717) is 22.8 Å². The number of aryl methyl sites for hydroxylation is 1. The number of hydrogen-bond donors (Lipinski definition) is 2. The van der Waals surface area contributed by atoms with Crippen molar-refractivity contribution in [3.05, 3.63) is 11.0 Å². The Kier molecular flexibility index (Phi) is 4.20. The van der Waals surface area contributed by atoms with Crippen LogP contribution in [0.3, 0.4) is 0 Å². The Morgan fingerprint density at radius 2 is 2.26 bits per heavy atom. The average molecular weight is 308 g/mol. The van der Waals surface area contributed by atoms with Gasteiger partial charge in [-0.25, -0.2) is 9.37 Å². The Labute approximate surface area is 118 Å². The molecule has 0 bridgehead atoms. The molecule has 2 atom stereocenters. The molecule has 2 unspecified atom stereocenters. The van der Waals surface area contributed by atoms with Gasteiger partial charge in [-0.1, -0.05) is 0 Å². The van der Waals surface area contributed by atoms with Gasteiger partial charge in [0, 0.05) is 6.42 Å². The fraction of sp³-hybridized carbons (Fsp3) is 0.636. The predicted molar refractivity (Wildman–Crippen MR) is 71.7 cm³/mol. The lowest BCUT2D eigenvalue weighted by molar-refractivity contribution is 0.132. The van der Waals surface area contributed by atoms with Crippen LogP contribution in [0.5, 0.6) is 0 Å². The molecule has 2 N–H and O–H groups in total. The van der Waals surface area contributed by atoms with E-state index in [9.17, 15) is 14.0 Å². The smallest absolute Gasteiger partial charge is 0.224 e. The zero-order valence-electron chi connectivity index (χ0n) is 10.6. The fourth-order valence-electron chi connectivity index (χ4n) is 1.86. The number of nitrogens with zero attached hydrogens (tertiary/aromatic N) is 2. The lowest BCUT2D eigenvalue weighted by Gasteiger charge is -2.27. The van der Waals surface area contributed by atoms with E-state index in [1.54, 1.807) is 0 Å². The maximum absolute atomic E-state index is 13.9. The number of aromatic nitrogens is 2. The van der Waals surface area contributed by atoms with Crippen molar-refractivity contribution in [2.45, 2.75) is 36.9 Å². The molecule has 19 heavy (non-hydrogen) atoms. The standard InChI is InChI=1S/C11H15ClFN3O2S/c1-11(2,13)7(5-17)15-9-8-6(3-4-19(8)18)14-10(12)16-9/h7,17H,3-5H2,1-2H3,(H,14,15,16). The zero-order valence-corrected chi connectivity index (χ0v) is 12.2. The minimum Gasteiger partial charge on any atom is -0.611 e. The van der Waals surface area contributed by atoms with Crippen molar-refractivity contribution in [3.63, 3.8) is 0 Å². The molecule has 0 radical (unpaired) electrons. The van der Waals surface area contributed by atoms with Crippen molar-refractivity contribution in [2.24, 2.45) is 0 Å². The summed E-state index contributed by atoms with van der Waals surface area (Å²) in [7, 11) is 0. The van der Waals surface area contributed by atoms with E-state index in [-0.39, 0.29) is 11.1 Å². The molecule has 0 spiro atoms. The quantitative estimate of drug-likeness (QED) is 0.647. The van der Waals surface area contributed by atoms with Crippen LogP contribution in [0.4, 0.5) is 10.2 Å². The number of rotatable bonds is 4. The summed E-state index contributed by atoms with van der Waals surface area (Å²) in [5.41, 5.74) is -1.03. The van der Waals surface area contributed by atoms with Crippen molar-refractivity contribution in [3.8, 4) is 0 Å². The number of alkyl halides is 1. The molecular weight excluding hydrogens is 293 g/mol. The lowest BCUT2D eigenvalue weighted by atomic mass is 10.0. The van der Waals surface area contributed by atoms with Crippen LogP contribution in [-0.2, 0) is 17.6 Å². The third kappa shape index (κ3) is 3.10. The fourth-order valence-corrected chi connectivity index (χ4v) is 3.36. The summed E-state index contributed by atoms with van der Waals surface area (Å²) < 4.78 is 25.8. The van der Waals surface area contributed by atoms with Gasteiger partial charge in [-0.2, -0.15) is 4.98 Å². The molecule has 1 aromatic rings. The molecule has 0 amide bonds. The topological polar surface area (TPSA) is 81.1 Å². The number of halogens is 2. The zero-order chi connectivity index (χ0) is 14.2. The minimum atomic E-state index is -1.65. The first-order valence-electron chi connectivity index (χ1n) is 5.84.